The molecule has 0 aliphatic carbocycles. The van der Waals surface area contributed by atoms with E-state index in [1.54, 1.807) is 12.1 Å². The van der Waals surface area contributed by atoms with Gasteiger partial charge in [0.15, 0.2) is 0 Å². The van der Waals surface area contributed by atoms with E-state index in [1.165, 1.54) is 0 Å². The second-order valence-corrected chi connectivity index (χ2v) is 7.63. The Bertz CT molecular complexity index is 487. The fourth-order valence-electron chi connectivity index (χ4n) is 1.89. The summed E-state index contributed by atoms with van der Waals surface area (Å²) in [6, 6.07) is 7.05. The molecule has 0 atom stereocenters. The number of benzene rings is 1. The van der Waals surface area contributed by atoms with Gasteiger partial charge in [-0.15, -0.1) is 0 Å². The van der Waals surface area contributed by atoms with Gasteiger partial charge in [0, 0.05) is 13.1 Å². The van der Waals surface area contributed by atoms with E-state index < -0.39 is 10.0 Å². The Morgan fingerprint density at radius 2 is 1.81 bits per heavy atom. The maximum Gasteiger partial charge on any atom is 0.240 e. The Kier molecular flexibility index (Phi) is 8.99. The van der Waals surface area contributed by atoms with E-state index in [9.17, 15) is 8.42 Å². The number of nitrogens with one attached hydrogen (secondary N) is 2. The molecular weight excluding hydrogens is 304 g/mol. The van der Waals surface area contributed by atoms with Crippen molar-refractivity contribution >= 4 is 21.8 Å². The standard InChI is InChI=1S/C15H26N2O2S2/c1-3-16-13-14-7-9-15(10-8-14)21(18,19)17-11-5-4-6-12-20-2/h7-10,16-17H,3-6,11-13H2,1-2H3. The summed E-state index contributed by atoms with van der Waals surface area (Å²) >= 11 is 1.83. The fraction of sp³-hybridized carbons (Fsp3) is 0.600. The zero-order chi connectivity index (χ0) is 15.6. The minimum atomic E-state index is -3.37. The number of hydrogen-bond donors (Lipinski definition) is 2. The van der Waals surface area contributed by atoms with Crippen LogP contribution < -0.4 is 10.0 Å². The number of hydrogen-bond acceptors (Lipinski definition) is 4. The first kappa shape index (κ1) is 18.5. The van der Waals surface area contributed by atoms with Crippen molar-refractivity contribution in [3.05, 3.63) is 29.8 Å². The number of thioether (sulfide) groups is 1. The number of rotatable bonds is 11. The summed E-state index contributed by atoms with van der Waals surface area (Å²) in [4.78, 5) is 0.340. The predicted molar refractivity (Wildman–Crippen MR) is 91.2 cm³/mol. The molecule has 120 valence electrons. The van der Waals surface area contributed by atoms with Crippen LogP contribution in [-0.2, 0) is 16.6 Å². The molecule has 0 heterocycles. The van der Waals surface area contributed by atoms with Crippen LogP contribution in [0.2, 0.25) is 0 Å². The Balaban J connectivity index is 2.42. The monoisotopic (exact) mass is 330 g/mol. The molecule has 6 heteroatoms. The van der Waals surface area contributed by atoms with E-state index in [0.29, 0.717) is 11.4 Å². The molecule has 4 nitrogen and oxygen atoms in total. The van der Waals surface area contributed by atoms with E-state index in [4.69, 9.17) is 0 Å². The summed E-state index contributed by atoms with van der Waals surface area (Å²) < 4.78 is 26.9. The SMILES string of the molecule is CCNCc1ccc(S(=O)(=O)NCCCCCSC)cc1. The molecular formula is C15H26N2O2S2. The van der Waals surface area contributed by atoms with Gasteiger partial charge in [-0.05, 0) is 49.1 Å². The predicted octanol–water partition coefficient (Wildman–Crippen LogP) is 2.61. The Morgan fingerprint density at radius 1 is 1.10 bits per heavy atom. The second kappa shape index (κ2) is 10.2. The normalized spacial score (nSPS) is 11.7. The molecule has 0 radical (unpaired) electrons. The van der Waals surface area contributed by atoms with E-state index >= 15 is 0 Å². The molecule has 1 rings (SSSR count). The van der Waals surface area contributed by atoms with Gasteiger partial charge < -0.3 is 5.32 Å². The van der Waals surface area contributed by atoms with E-state index in [1.807, 2.05) is 30.8 Å². The quantitative estimate of drug-likeness (QED) is 0.612. The smallest absolute Gasteiger partial charge is 0.240 e. The largest absolute Gasteiger partial charge is 0.313 e. The van der Waals surface area contributed by atoms with Gasteiger partial charge in [-0.1, -0.05) is 25.5 Å². The molecule has 0 aromatic heterocycles. The number of unbranched alkanes of at least 4 members (excludes halogenated alkanes) is 2. The molecule has 1 aromatic rings. The van der Waals surface area contributed by atoms with Gasteiger partial charge in [0.2, 0.25) is 10.0 Å². The first-order valence-corrected chi connectivity index (χ1v) is 10.3. The summed E-state index contributed by atoms with van der Waals surface area (Å²) in [6.07, 6.45) is 5.17. The van der Waals surface area contributed by atoms with Gasteiger partial charge in [0.1, 0.15) is 0 Å². The van der Waals surface area contributed by atoms with Gasteiger partial charge >= 0.3 is 0 Å². The van der Waals surface area contributed by atoms with Crippen molar-refractivity contribution in [3.8, 4) is 0 Å². The minimum Gasteiger partial charge on any atom is -0.313 e. The van der Waals surface area contributed by atoms with Crippen LogP contribution in [0.4, 0.5) is 0 Å². The van der Waals surface area contributed by atoms with Crippen LogP contribution in [0.5, 0.6) is 0 Å². The van der Waals surface area contributed by atoms with E-state index in [0.717, 1.165) is 43.7 Å². The molecule has 0 aliphatic rings. The van der Waals surface area contributed by atoms with Crippen molar-refractivity contribution in [2.45, 2.75) is 37.6 Å². The van der Waals surface area contributed by atoms with E-state index in [2.05, 4.69) is 16.3 Å². The van der Waals surface area contributed by atoms with Crippen LogP contribution in [0.25, 0.3) is 0 Å². The van der Waals surface area contributed by atoms with Gasteiger partial charge in [0.25, 0.3) is 0 Å². The van der Waals surface area contributed by atoms with Crippen LogP contribution in [0.3, 0.4) is 0 Å². The molecule has 1 aromatic carbocycles. The second-order valence-electron chi connectivity index (χ2n) is 4.88. The first-order chi connectivity index (χ1) is 10.1. The maximum absolute atomic E-state index is 12.1. The highest BCUT2D eigenvalue weighted by atomic mass is 32.2. The Labute approximate surface area is 133 Å². The zero-order valence-corrected chi connectivity index (χ0v) is 14.5. The van der Waals surface area contributed by atoms with Crippen molar-refractivity contribution in [1.29, 1.82) is 0 Å². The molecule has 21 heavy (non-hydrogen) atoms. The molecule has 0 saturated carbocycles. The summed E-state index contributed by atoms with van der Waals surface area (Å²) in [5.74, 6) is 1.14. The van der Waals surface area contributed by atoms with Crippen LogP contribution in [0, 0.1) is 0 Å². The third kappa shape index (κ3) is 7.31. The van der Waals surface area contributed by atoms with Crippen LogP contribution in [0.1, 0.15) is 31.7 Å². The highest BCUT2D eigenvalue weighted by Gasteiger charge is 2.12. The van der Waals surface area contributed by atoms with Crippen molar-refractivity contribution in [1.82, 2.24) is 10.0 Å². The lowest BCUT2D eigenvalue weighted by molar-refractivity contribution is 0.576. The molecule has 0 spiro atoms. The summed E-state index contributed by atoms with van der Waals surface area (Å²) in [7, 11) is -3.37. The first-order valence-electron chi connectivity index (χ1n) is 7.38. The van der Waals surface area contributed by atoms with Crippen LogP contribution in [-0.4, -0.2) is 33.5 Å². The van der Waals surface area contributed by atoms with Gasteiger partial charge in [-0.25, -0.2) is 13.1 Å². The van der Waals surface area contributed by atoms with Gasteiger partial charge in [-0.2, -0.15) is 11.8 Å². The minimum absolute atomic E-state index is 0.340. The Hall–Kier alpha value is -0.560. The summed E-state index contributed by atoms with van der Waals surface area (Å²) in [6.45, 7) is 4.22. The molecule has 0 saturated heterocycles. The third-order valence-corrected chi connectivity index (χ3v) is 5.30. The lowest BCUT2D eigenvalue weighted by atomic mass is 10.2. The third-order valence-electron chi connectivity index (χ3n) is 3.13. The molecule has 0 amide bonds. The average molecular weight is 331 g/mol. The number of sulfonamides is 1. The molecule has 0 bridgehead atoms. The lowest BCUT2D eigenvalue weighted by Gasteiger charge is -2.08. The van der Waals surface area contributed by atoms with Crippen LogP contribution >= 0.6 is 11.8 Å². The average Bonchev–Trinajstić information content (AvgIpc) is 2.49. The lowest BCUT2D eigenvalue weighted by Crippen LogP contribution is -2.24. The molecule has 0 aliphatic heterocycles. The topological polar surface area (TPSA) is 58.2 Å². The molecule has 2 N–H and O–H groups in total. The molecule has 0 fully saturated rings. The van der Waals surface area contributed by atoms with Crippen molar-refractivity contribution < 1.29 is 8.42 Å². The fourth-order valence-corrected chi connectivity index (χ4v) is 3.46. The summed E-state index contributed by atoms with van der Waals surface area (Å²) in [5.41, 5.74) is 1.09. The molecule has 0 unspecified atom stereocenters. The highest BCUT2D eigenvalue weighted by molar-refractivity contribution is 7.98. The highest BCUT2D eigenvalue weighted by Crippen LogP contribution is 2.11. The zero-order valence-electron chi connectivity index (χ0n) is 12.9. The Morgan fingerprint density at radius 3 is 2.43 bits per heavy atom. The van der Waals surface area contributed by atoms with E-state index in [-0.39, 0.29) is 0 Å². The van der Waals surface area contributed by atoms with Gasteiger partial charge in [0.05, 0.1) is 4.90 Å². The van der Waals surface area contributed by atoms with Crippen molar-refractivity contribution in [2.24, 2.45) is 0 Å². The van der Waals surface area contributed by atoms with Crippen molar-refractivity contribution in [3.63, 3.8) is 0 Å². The summed E-state index contributed by atoms with van der Waals surface area (Å²) in [5, 5.41) is 3.21. The van der Waals surface area contributed by atoms with Crippen molar-refractivity contribution in [2.75, 3.05) is 25.1 Å². The van der Waals surface area contributed by atoms with Crippen LogP contribution in [0.15, 0.2) is 29.2 Å². The van der Waals surface area contributed by atoms with Gasteiger partial charge in [-0.3, -0.25) is 0 Å². The maximum atomic E-state index is 12.1.